The van der Waals surface area contributed by atoms with Crippen LogP contribution in [0.4, 0.5) is 13.6 Å². The fourth-order valence-electron chi connectivity index (χ4n) is 3.32. The summed E-state index contributed by atoms with van der Waals surface area (Å²) in [5, 5.41) is 2.66. The molecule has 2 aliphatic heterocycles. The van der Waals surface area contributed by atoms with E-state index in [0.29, 0.717) is 26.3 Å². The van der Waals surface area contributed by atoms with Gasteiger partial charge < -0.3 is 19.7 Å². The fraction of sp³-hybridized carbons (Fsp3) is 0.588. The summed E-state index contributed by atoms with van der Waals surface area (Å²) < 4.78 is 38.2. The second-order valence-electron chi connectivity index (χ2n) is 6.39. The summed E-state index contributed by atoms with van der Waals surface area (Å²) in [4.78, 5) is 14.0. The van der Waals surface area contributed by atoms with Crippen molar-refractivity contribution in [2.24, 2.45) is 5.92 Å². The first-order valence-corrected chi connectivity index (χ1v) is 8.22. The number of likely N-dealkylation sites (tertiary alicyclic amines) is 1. The van der Waals surface area contributed by atoms with Gasteiger partial charge in [0.15, 0.2) is 5.79 Å². The topological polar surface area (TPSA) is 50.8 Å². The predicted molar refractivity (Wildman–Crippen MR) is 83.2 cm³/mol. The molecule has 0 unspecified atom stereocenters. The molecule has 5 nitrogen and oxygen atoms in total. The summed E-state index contributed by atoms with van der Waals surface area (Å²) in [5.74, 6) is -1.60. The van der Waals surface area contributed by atoms with E-state index in [2.05, 4.69) is 5.32 Å². The van der Waals surface area contributed by atoms with Crippen LogP contribution in [0.5, 0.6) is 0 Å². The Morgan fingerprint density at radius 1 is 1.38 bits per heavy atom. The molecule has 2 saturated heterocycles. The molecule has 0 aliphatic carbocycles. The molecule has 1 atom stereocenters. The Balaban J connectivity index is 1.57. The Morgan fingerprint density at radius 3 is 2.88 bits per heavy atom. The van der Waals surface area contributed by atoms with Gasteiger partial charge >= 0.3 is 6.03 Å². The van der Waals surface area contributed by atoms with Crippen molar-refractivity contribution in [1.82, 2.24) is 10.2 Å². The Kier molecular flexibility index (Phi) is 5.01. The third-order valence-electron chi connectivity index (χ3n) is 4.75. The molecule has 0 bridgehead atoms. The molecule has 2 amide bonds. The first kappa shape index (κ1) is 17.1. The van der Waals surface area contributed by atoms with Gasteiger partial charge in [0.1, 0.15) is 11.6 Å². The number of urea groups is 1. The highest BCUT2D eigenvalue weighted by atomic mass is 19.1. The molecule has 1 aromatic carbocycles. The lowest BCUT2D eigenvalue weighted by atomic mass is 9.90. The van der Waals surface area contributed by atoms with E-state index < -0.39 is 17.4 Å². The van der Waals surface area contributed by atoms with Gasteiger partial charge in [-0.25, -0.2) is 13.6 Å². The number of piperidine rings is 1. The van der Waals surface area contributed by atoms with E-state index in [0.717, 1.165) is 31.0 Å². The maximum atomic E-state index is 13.6. The van der Waals surface area contributed by atoms with Crippen LogP contribution in [0.2, 0.25) is 0 Å². The molecule has 0 saturated carbocycles. The van der Waals surface area contributed by atoms with E-state index in [9.17, 15) is 13.6 Å². The second-order valence-corrected chi connectivity index (χ2v) is 6.39. The monoisotopic (exact) mass is 340 g/mol. The molecule has 7 heteroatoms. The lowest BCUT2D eigenvalue weighted by molar-refractivity contribution is -0.189. The van der Waals surface area contributed by atoms with E-state index in [-0.39, 0.29) is 24.1 Å². The Labute approximate surface area is 139 Å². The van der Waals surface area contributed by atoms with Crippen LogP contribution in [0.3, 0.4) is 0 Å². The molecule has 1 aromatic rings. The van der Waals surface area contributed by atoms with Crippen LogP contribution in [-0.2, 0) is 16.0 Å². The number of ether oxygens (including phenoxy) is 2. The van der Waals surface area contributed by atoms with E-state index in [1.807, 2.05) is 6.92 Å². The van der Waals surface area contributed by atoms with Crippen LogP contribution in [-0.4, -0.2) is 43.0 Å². The smallest absolute Gasteiger partial charge is 0.317 e. The van der Waals surface area contributed by atoms with Gasteiger partial charge in [-0.2, -0.15) is 0 Å². The van der Waals surface area contributed by atoms with Crippen molar-refractivity contribution in [3.63, 3.8) is 0 Å². The third kappa shape index (κ3) is 3.67. The van der Waals surface area contributed by atoms with Gasteiger partial charge in [-0.3, -0.25) is 0 Å². The van der Waals surface area contributed by atoms with E-state index >= 15 is 0 Å². The standard InChI is InChI=1S/C17H22F2N2O3/c1-17(23-7-8-24-17)13-3-2-6-21(11-13)16(22)20-10-12-9-14(18)4-5-15(12)19/h4-5,9,13H,2-3,6-8,10-11H2,1H3,(H,20,22)/t13-/m1/s1. The molecule has 1 N–H and O–H groups in total. The van der Waals surface area contributed by atoms with Crippen molar-refractivity contribution < 1.29 is 23.0 Å². The molecule has 24 heavy (non-hydrogen) atoms. The Bertz CT molecular complexity index is 605. The van der Waals surface area contributed by atoms with Gasteiger partial charge in [-0.15, -0.1) is 0 Å². The maximum Gasteiger partial charge on any atom is 0.317 e. The molecule has 2 fully saturated rings. The van der Waals surface area contributed by atoms with Crippen LogP contribution in [0, 0.1) is 17.6 Å². The minimum absolute atomic E-state index is 0.0478. The molecule has 2 aliphatic rings. The lowest BCUT2D eigenvalue weighted by Crippen LogP contribution is -2.51. The lowest BCUT2D eigenvalue weighted by Gasteiger charge is -2.39. The van der Waals surface area contributed by atoms with Gasteiger partial charge in [-0.1, -0.05) is 0 Å². The Morgan fingerprint density at radius 2 is 2.12 bits per heavy atom. The summed E-state index contributed by atoms with van der Waals surface area (Å²) in [5.41, 5.74) is 0.131. The summed E-state index contributed by atoms with van der Waals surface area (Å²) in [6.45, 7) is 4.15. The molecule has 2 heterocycles. The summed E-state index contributed by atoms with van der Waals surface area (Å²) in [6, 6.07) is 2.92. The number of amides is 2. The van der Waals surface area contributed by atoms with Gasteiger partial charge in [-0.05, 0) is 38.0 Å². The normalized spacial score (nSPS) is 23.3. The molecular weight excluding hydrogens is 318 g/mol. The predicted octanol–water partition coefficient (Wildman–Crippen LogP) is 2.65. The number of halogens is 2. The zero-order valence-corrected chi connectivity index (χ0v) is 13.7. The highest BCUT2D eigenvalue weighted by molar-refractivity contribution is 5.74. The van der Waals surface area contributed by atoms with Gasteiger partial charge in [0.2, 0.25) is 0 Å². The first-order chi connectivity index (χ1) is 11.5. The summed E-state index contributed by atoms with van der Waals surface area (Å²) in [6.07, 6.45) is 1.79. The zero-order chi connectivity index (χ0) is 17.2. The number of carbonyl (C=O) groups is 1. The molecule has 0 aromatic heterocycles. The average molecular weight is 340 g/mol. The van der Waals surface area contributed by atoms with Crippen molar-refractivity contribution in [3.8, 4) is 0 Å². The van der Waals surface area contributed by atoms with Crippen molar-refractivity contribution in [2.45, 2.75) is 32.1 Å². The minimum Gasteiger partial charge on any atom is -0.347 e. The zero-order valence-electron chi connectivity index (χ0n) is 13.7. The van der Waals surface area contributed by atoms with E-state index in [1.54, 1.807) is 4.90 Å². The van der Waals surface area contributed by atoms with Gasteiger partial charge in [0, 0.05) is 31.1 Å². The Hall–Kier alpha value is -1.73. The molecule has 0 spiro atoms. The van der Waals surface area contributed by atoms with Crippen molar-refractivity contribution in [1.29, 1.82) is 0 Å². The largest absolute Gasteiger partial charge is 0.347 e. The van der Waals surface area contributed by atoms with Crippen LogP contribution in [0.15, 0.2) is 18.2 Å². The van der Waals surface area contributed by atoms with Crippen molar-refractivity contribution in [2.75, 3.05) is 26.3 Å². The molecule has 3 rings (SSSR count). The number of hydrogen-bond acceptors (Lipinski definition) is 3. The van der Waals surface area contributed by atoms with Crippen LogP contribution in [0.25, 0.3) is 0 Å². The SMILES string of the molecule is CC1([C@@H]2CCCN(C(=O)NCc3cc(F)ccc3F)C2)OCCO1. The number of nitrogens with one attached hydrogen (secondary N) is 1. The molecular formula is C17H22F2N2O3. The number of carbonyl (C=O) groups excluding carboxylic acids is 1. The number of nitrogens with zero attached hydrogens (tertiary/aromatic N) is 1. The van der Waals surface area contributed by atoms with E-state index in [4.69, 9.17) is 9.47 Å². The van der Waals surface area contributed by atoms with Crippen molar-refractivity contribution >= 4 is 6.03 Å². The van der Waals surface area contributed by atoms with Crippen LogP contribution < -0.4 is 5.32 Å². The third-order valence-corrected chi connectivity index (χ3v) is 4.75. The summed E-state index contributed by atoms with van der Waals surface area (Å²) in [7, 11) is 0. The van der Waals surface area contributed by atoms with E-state index in [1.165, 1.54) is 0 Å². The average Bonchev–Trinajstić information content (AvgIpc) is 3.03. The number of rotatable bonds is 3. The minimum atomic E-state index is -0.645. The summed E-state index contributed by atoms with van der Waals surface area (Å²) >= 11 is 0. The molecule has 132 valence electrons. The maximum absolute atomic E-state index is 13.6. The van der Waals surface area contributed by atoms with Crippen molar-refractivity contribution in [3.05, 3.63) is 35.4 Å². The fourth-order valence-corrected chi connectivity index (χ4v) is 3.32. The number of benzene rings is 1. The number of hydrogen-bond donors (Lipinski definition) is 1. The highest BCUT2D eigenvalue weighted by Gasteiger charge is 2.42. The van der Waals surface area contributed by atoms with Gasteiger partial charge in [0.25, 0.3) is 0 Å². The van der Waals surface area contributed by atoms with Gasteiger partial charge in [0.05, 0.1) is 13.2 Å². The van der Waals surface area contributed by atoms with Crippen LogP contribution >= 0.6 is 0 Å². The highest BCUT2D eigenvalue weighted by Crippen LogP contribution is 2.34. The second kappa shape index (κ2) is 7.03. The quantitative estimate of drug-likeness (QED) is 0.920. The van der Waals surface area contributed by atoms with Crippen LogP contribution in [0.1, 0.15) is 25.3 Å². The molecule has 0 radical (unpaired) electrons. The first-order valence-electron chi connectivity index (χ1n) is 8.22.